The molecular formula is C7H6ClN3S. The molecule has 2 aromatic rings. The van der Waals surface area contributed by atoms with E-state index < -0.39 is 0 Å². The second-order valence-corrected chi connectivity index (χ2v) is 3.44. The fourth-order valence-corrected chi connectivity index (χ4v) is 1.61. The molecule has 0 atom stereocenters. The molecule has 0 aliphatic carbocycles. The topological polar surface area (TPSA) is 41.6 Å². The Hall–Kier alpha value is -0.870. The maximum atomic E-state index is 5.97. The average molecular weight is 200 g/mol. The van der Waals surface area contributed by atoms with Crippen LogP contribution in [0.5, 0.6) is 0 Å². The molecule has 62 valence electrons. The van der Waals surface area contributed by atoms with Crippen molar-refractivity contribution in [2.75, 3.05) is 0 Å². The van der Waals surface area contributed by atoms with E-state index in [4.69, 9.17) is 11.6 Å². The maximum absolute atomic E-state index is 5.97. The minimum absolute atomic E-state index is 0.654. The zero-order chi connectivity index (χ0) is 8.55. The second kappa shape index (κ2) is 2.88. The summed E-state index contributed by atoms with van der Waals surface area (Å²) in [5.74, 6) is 0. The fraction of sp³-hybridized carbons (Fsp3) is 0.143. The van der Waals surface area contributed by atoms with Crippen LogP contribution in [0.4, 0.5) is 0 Å². The molecule has 2 aromatic heterocycles. The summed E-state index contributed by atoms with van der Waals surface area (Å²) in [7, 11) is 0. The monoisotopic (exact) mass is 199 g/mol. The Morgan fingerprint density at radius 2 is 2.42 bits per heavy atom. The summed E-state index contributed by atoms with van der Waals surface area (Å²) < 4.78 is 4.14. The first kappa shape index (κ1) is 7.76. The summed E-state index contributed by atoms with van der Waals surface area (Å²) in [4.78, 5) is 0. The average Bonchev–Trinajstić information content (AvgIpc) is 2.64. The van der Waals surface area contributed by atoms with Gasteiger partial charge < -0.3 is 0 Å². The molecule has 1 N–H and O–H groups in total. The lowest BCUT2D eigenvalue weighted by molar-refractivity contribution is 1.05. The van der Waals surface area contributed by atoms with Crippen molar-refractivity contribution in [1.82, 2.24) is 14.6 Å². The van der Waals surface area contributed by atoms with E-state index in [1.807, 2.05) is 18.4 Å². The van der Waals surface area contributed by atoms with E-state index in [2.05, 4.69) is 14.6 Å². The van der Waals surface area contributed by atoms with Crippen LogP contribution in [-0.4, -0.2) is 14.6 Å². The van der Waals surface area contributed by atoms with Gasteiger partial charge in [-0.1, -0.05) is 11.6 Å². The van der Waals surface area contributed by atoms with Crippen molar-refractivity contribution < 1.29 is 0 Å². The first-order valence-corrected chi connectivity index (χ1v) is 4.61. The van der Waals surface area contributed by atoms with Gasteiger partial charge in [-0.25, -0.2) is 0 Å². The van der Waals surface area contributed by atoms with Crippen molar-refractivity contribution in [2.45, 2.75) is 6.92 Å². The highest BCUT2D eigenvalue weighted by Crippen LogP contribution is 2.26. The quantitative estimate of drug-likeness (QED) is 0.767. The molecule has 3 nitrogen and oxygen atoms in total. The molecule has 0 bridgehead atoms. The van der Waals surface area contributed by atoms with E-state index in [0.29, 0.717) is 5.02 Å². The van der Waals surface area contributed by atoms with Crippen molar-refractivity contribution >= 4 is 23.1 Å². The minimum atomic E-state index is 0.654. The van der Waals surface area contributed by atoms with Crippen LogP contribution < -0.4 is 0 Å². The summed E-state index contributed by atoms with van der Waals surface area (Å²) in [5, 5.41) is 9.40. The van der Waals surface area contributed by atoms with Gasteiger partial charge >= 0.3 is 0 Å². The number of rotatable bonds is 1. The molecule has 0 aliphatic heterocycles. The lowest BCUT2D eigenvalue weighted by atomic mass is 10.3. The molecule has 5 heteroatoms. The largest absolute Gasteiger partial charge is 0.281 e. The third-order valence-electron chi connectivity index (χ3n) is 1.55. The van der Waals surface area contributed by atoms with Crippen molar-refractivity contribution in [1.29, 1.82) is 0 Å². The van der Waals surface area contributed by atoms with E-state index in [0.717, 1.165) is 17.1 Å². The van der Waals surface area contributed by atoms with Gasteiger partial charge in [-0.05, 0) is 24.5 Å². The molecule has 0 amide bonds. The van der Waals surface area contributed by atoms with Gasteiger partial charge in [-0.15, -0.1) is 0 Å². The number of nitrogens with one attached hydrogen (secondary N) is 1. The molecule has 0 saturated heterocycles. The van der Waals surface area contributed by atoms with Gasteiger partial charge in [0.2, 0.25) is 0 Å². The number of H-pyrrole nitrogens is 1. The predicted octanol–water partition coefficient (Wildman–Crippen LogP) is 2.50. The first-order valence-electron chi connectivity index (χ1n) is 3.40. The van der Waals surface area contributed by atoms with Crippen LogP contribution in [0, 0.1) is 6.92 Å². The normalized spacial score (nSPS) is 10.5. The Bertz CT molecular complexity index is 379. The van der Waals surface area contributed by atoms with Gasteiger partial charge in [0.1, 0.15) is 11.4 Å². The second-order valence-electron chi connectivity index (χ2n) is 2.40. The highest BCUT2D eigenvalue weighted by atomic mass is 35.5. The molecule has 2 rings (SSSR count). The van der Waals surface area contributed by atoms with Crippen LogP contribution in [-0.2, 0) is 0 Å². The number of hydrogen-bond donors (Lipinski definition) is 1. The molecule has 12 heavy (non-hydrogen) atoms. The van der Waals surface area contributed by atoms with Crippen LogP contribution in [0.25, 0.3) is 11.4 Å². The van der Waals surface area contributed by atoms with E-state index in [9.17, 15) is 0 Å². The molecule has 0 fully saturated rings. The van der Waals surface area contributed by atoms with Crippen molar-refractivity contribution in [3.63, 3.8) is 0 Å². The molecule has 0 spiro atoms. The third-order valence-corrected chi connectivity index (χ3v) is 2.58. The molecular weight excluding hydrogens is 194 g/mol. The molecule has 0 unspecified atom stereocenters. The number of aromatic amines is 1. The highest BCUT2D eigenvalue weighted by molar-refractivity contribution is 7.03. The van der Waals surface area contributed by atoms with E-state index >= 15 is 0 Å². The van der Waals surface area contributed by atoms with Gasteiger partial charge in [0.25, 0.3) is 0 Å². The van der Waals surface area contributed by atoms with Gasteiger partial charge in [0, 0.05) is 5.38 Å². The van der Waals surface area contributed by atoms with Gasteiger partial charge in [-0.2, -0.15) is 9.47 Å². The zero-order valence-corrected chi connectivity index (χ0v) is 7.91. The number of aromatic nitrogens is 3. The van der Waals surface area contributed by atoms with Crippen LogP contribution in [0.2, 0.25) is 5.02 Å². The maximum Gasteiger partial charge on any atom is 0.130 e. The first-order chi connectivity index (χ1) is 5.79. The smallest absolute Gasteiger partial charge is 0.130 e. The Balaban J connectivity index is 2.55. The number of halogens is 1. The van der Waals surface area contributed by atoms with E-state index in [-0.39, 0.29) is 0 Å². The summed E-state index contributed by atoms with van der Waals surface area (Å²) >= 11 is 7.36. The number of nitrogens with zero attached hydrogens (tertiary/aromatic N) is 2. The summed E-state index contributed by atoms with van der Waals surface area (Å²) in [5.41, 5.74) is 2.43. The minimum Gasteiger partial charge on any atom is -0.281 e. The molecule has 0 radical (unpaired) electrons. The Kier molecular flexibility index (Phi) is 1.86. The summed E-state index contributed by atoms with van der Waals surface area (Å²) in [6, 6.07) is 1.90. The van der Waals surface area contributed by atoms with Crippen LogP contribution >= 0.6 is 23.1 Å². The fourth-order valence-electron chi connectivity index (χ4n) is 0.920. The standard InChI is InChI=1S/C7H6ClN3S/c1-4-6(8)7(10-9-4)5-2-3-12-11-5/h2-3H,1H3,(H,9,10). The Morgan fingerprint density at radius 1 is 1.58 bits per heavy atom. The zero-order valence-electron chi connectivity index (χ0n) is 6.34. The van der Waals surface area contributed by atoms with E-state index in [1.165, 1.54) is 11.5 Å². The van der Waals surface area contributed by atoms with Crippen LogP contribution in [0.15, 0.2) is 11.4 Å². The Labute approximate surface area is 78.6 Å². The van der Waals surface area contributed by atoms with Crippen LogP contribution in [0.1, 0.15) is 5.69 Å². The molecule has 2 heterocycles. The number of hydrogen-bond acceptors (Lipinski definition) is 3. The molecule has 0 aromatic carbocycles. The Morgan fingerprint density at radius 3 is 2.92 bits per heavy atom. The molecule has 0 aliphatic rings. The predicted molar refractivity (Wildman–Crippen MR) is 49.4 cm³/mol. The van der Waals surface area contributed by atoms with Crippen molar-refractivity contribution in [3.8, 4) is 11.4 Å². The summed E-state index contributed by atoms with van der Waals surface area (Å²) in [6.07, 6.45) is 0. The number of aryl methyl sites for hydroxylation is 1. The lowest BCUT2D eigenvalue weighted by Gasteiger charge is -1.88. The summed E-state index contributed by atoms with van der Waals surface area (Å²) in [6.45, 7) is 1.88. The SMILES string of the molecule is Cc1[nH]nc(-c2ccsn2)c1Cl. The highest BCUT2D eigenvalue weighted by Gasteiger charge is 2.10. The van der Waals surface area contributed by atoms with Gasteiger partial charge in [0.05, 0.1) is 10.7 Å². The van der Waals surface area contributed by atoms with Gasteiger partial charge in [-0.3, -0.25) is 5.10 Å². The van der Waals surface area contributed by atoms with Gasteiger partial charge in [0.15, 0.2) is 0 Å². The van der Waals surface area contributed by atoms with Crippen molar-refractivity contribution in [3.05, 3.63) is 22.2 Å². The third kappa shape index (κ3) is 1.13. The van der Waals surface area contributed by atoms with E-state index in [1.54, 1.807) is 0 Å². The van der Waals surface area contributed by atoms with Crippen molar-refractivity contribution in [2.24, 2.45) is 0 Å². The lowest BCUT2D eigenvalue weighted by Crippen LogP contribution is -1.76. The molecule has 0 saturated carbocycles. The van der Waals surface area contributed by atoms with Crippen LogP contribution in [0.3, 0.4) is 0 Å².